The highest BCUT2D eigenvalue weighted by Gasteiger charge is 2.41. The summed E-state index contributed by atoms with van der Waals surface area (Å²) in [6.07, 6.45) is 0.676. The number of nitrogens with one attached hydrogen (secondary N) is 1. The molecule has 2 aromatic carbocycles. The third kappa shape index (κ3) is 4.49. The Balaban J connectivity index is 1.52. The SMILES string of the molecule is COc1cccc(NC(=O)CSC2=Nc3ccccc3C3=N[C@@H](CC(C)C)C(=O)N23)c1. The van der Waals surface area contributed by atoms with Crippen LogP contribution in [-0.4, -0.2) is 46.6 Å². The van der Waals surface area contributed by atoms with Crippen molar-refractivity contribution in [1.82, 2.24) is 4.90 Å². The van der Waals surface area contributed by atoms with Crippen molar-refractivity contribution < 1.29 is 14.3 Å². The van der Waals surface area contributed by atoms with Crippen LogP contribution >= 0.6 is 11.8 Å². The predicted octanol–water partition coefficient (Wildman–Crippen LogP) is 4.07. The minimum absolute atomic E-state index is 0.0855. The summed E-state index contributed by atoms with van der Waals surface area (Å²) in [6, 6.07) is 14.4. The minimum atomic E-state index is -0.419. The van der Waals surface area contributed by atoms with E-state index in [1.165, 1.54) is 11.8 Å². The monoisotopic (exact) mass is 436 g/mol. The Bertz CT molecular complexity index is 1080. The molecule has 7 nitrogen and oxygen atoms in total. The number of rotatable bonds is 6. The number of aliphatic imine (C=N–C) groups is 2. The van der Waals surface area contributed by atoms with E-state index >= 15 is 0 Å². The summed E-state index contributed by atoms with van der Waals surface area (Å²) < 4.78 is 5.19. The molecule has 4 rings (SSSR count). The maximum atomic E-state index is 13.1. The molecular formula is C23H24N4O3S. The van der Waals surface area contributed by atoms with Gasteiger partial charge in [0.25, 0.3) is 5.91 Å². The first-order chi connectivity index (χ1) is 15.0. The number of methoxy groups -OCH3 is 1. The van der Waals surface area contributed by atoms with Crippen LogP contribution in [0, 0.1) is 5.92 Å². The molecule has 0 aromatic heterocycles. The molecule has 2 aromatic rings. The lowest BCUT2D eigenvalue weighted by atomic mass is 10.0. The number of carbonyl (C=O) groups is 2. The number of benzene rings is 2. The quantitative estimate of drug-likeness (QED) is 0.740. The normalized spacial score (nSPS) is 17.1. The Labute approximate surface area is 185 Å². The molecule has 0 spiro atoms. The van der Waals surface area contributed by atoms with Gasteiger partial charge < -0.3 is 10.1 Å². The van der Waals surface area contributed by atoms with Gasteiger partial charge in [-0.15, -0.1) is 0 Å². The van der Waals surface area contributed by atoms with Crippen molar-refractivity contribution >= 4 is 46.0 Å². The summed E-state index contributed by atoms with van der Waals surface area (Å²) >= 11 is 1.23. The summed E-state index contributed by atoms with van der Waals surface area (Å²) in [5, 5.41) is 3.33. The summed E-state index contributed by atoms with van der Waals surface area (Å²) in [7, 11) is 1.58. The van der Waals surface area contributed by atoms with Gasteiger partial charge in [-0.3, -0.25) is 14.6 Å². The number of para-hydroxylation sites is 1. The van der Waals surface area contributed by atoms with Gasteiger partial charge in [-0.05, 0) is 36.6 Å². The van der Waals surface area contributed by atoms with E-state index in [1.807, 2.05) is 36.4 Å². The first-order valence-corrected chi connectivity index (χ1v) is 11.1. The molecule has 1 N–H and O–H groups in total. The Morgan fingerprint density at radius 1 is 1.23 bits per heavy atom. The van der Waals surface area contributed by atoms with Crippen molar-refractivity contribution in [2.24, 2.45) is 15.9 Å². The number of carbonyl (C=O) groups excluding carboxylic acids is 2. The molecule has 0 saturated heterocycles. The molecular weight excluding hydrogens is 412 g/mol. The number of fused-ring (bicyclic) bond motifs is 3. The summed E-state index contributed by atoms with van der Waals surface area (Å²) in [5.41, 5.74) is 2.25. The second-order valence-corrected chi connectivity index (χ2v) is 8.69. The molecule has 31 heavy (non-hydrogen) atoms. The maximum absolute atomic E-state index is 13.1. The highest BCUT2D eigenvalue weighted by Crippen LogP contribution is 2.34. The lowest BCUT2D eigenvalue weighted by Crippen LogP contribution is -2.41. The fraction of sp³-hybridized carbons (Fsp3) is 0.304. The van der Waals surface area contributed by atoms with E-state index < -0.39 is 6.04 Å². The van der Waals surface area contributed by atoms with Gasteiger partial charge in [0, 0.05) is 17.3 Å². The average Bonchev–Trinajstić information content (AvgIpc) is 3.08. The van der Waals surface area contributed by atoms with Crippen molar-refractivity contribution in [3.8, 4) is 5.75 Å². The molecule has 1 atom stereocenters. The number of nitrogens with zero attached hydrogens (tertiary/aromatic N) is 3. The van der Waals surface area contributed by atoms with E-state index in [0.29, 0.717) is 34.8 Å². The van der Waals surface area contributed by atoms with Crippen LogP contribution in [0.1, 0.15) is 25.8 Å². The molecule has 160 valence electrons. The van der Waals surface area contributed by atoms with E-state index in [1.54, 1.807) is 24.1 Å². The third-order valence-corrected chi connectivity index (χ3v) is 5.87. The van der Waals surface area contributed by atoms with Crippen LogP contribution in [0.5, 0.6) is 5.75 Å². The van der Waals surface area contributed by atoms with Crippen molar-refractivity contribution in [3.05, 3.63) is 54.1 Å². The molecule has 0 bridgehead atoms. The van der Waals surface area contributed by atoms with Crippen LogP contribution in [0.15, 0.2) is 58.5 Å². The molecule has 8 heteroatoms. The largest absolute Gasteiger partial charge is 0.497 e. The molecule has 2 heterocycles. The molecule has 2 aliphatic heterocycles. The first kappa shape index (κ1) is 21.1. The van der Waals surface area contributed by atoms with Crippen molar-refractivity contribution in [2.45, 2.75) is 26.3 Å². The summed E-state index contributed by atoms with van der Waals surface area (Å²) in [6.45, 7) is 4.15. The minimum Gasteiger partial charge on any atom is -0.497 e. The summed E-state index contributed by atoms with van der Waals surface area (Å²) in [4.78, 5) is 36.6. The molecule has 0 saturated carbocycles. The van der Waals surface area contributed by atoms with Crippen LogP contribution in [0.3, 0.4) is 0 Å². The van der Waals surface area contributed by atoms with Gasteiger partial charge in [0.15, 0.2) is 5.17 Å². The van der Waals surface area contributed by atoms with Crippen LogP contribution in [0.2, 0.25) is 0 Å². The Morgan fingerprint density at radius 3 is 2.81 bits per heavy atom. The highest BCUT2D eigenvalue weighted by atomic mass is 32.2. The van der Waals surface area contributed by atoms with E-state index in [-0.39, 0.29) is 17.6 Å². The van der Waals surface area contributed by atoms with E-state index in [0.717, 1.165) is 11.3 Å². The molecule has 0 unspecified atom stereocenters. The Morgan fingerprint density at radius 2 is 2.03 bits per heavy atom. The number of hydrogen-bond acceptors (Lipinski definition) is 6. The molecule has 0 fully saturated rings. The van der Waals surface area contributed by atoms with Gasteiger partial charge in [-0.25, -0.2) is 9.89 Å². The fourth-order valence-electron chi connectivity index (χ4n) is 3.53. The van der Waals surface area contributed by atoms with Gasteiger partial charge >= 0.3 is 0 Å². The van der Waals surface area contributed by atoms with Gasteiger partial charge in [-0.1, -0.05) is 43.8 Å². The lowest BCUT2D eigenvalue weighted by Gasteiger charge is -2.25. The van der Waals surface area contributed by atoms with E-state index in [4.69, 9.17) is 9.73 Å². The fourth-order valence-corrected chi connectivity index (χ4v) is 4.33. The van der Waals surface area contributed by atoms with E-state index in [9.17, 15) is 9.59 Å². The molecule has 0 radical (unpaired) electrons. The number of thioether (sulfide) groups is 1. The second-order valence-electron chi connectivity index (χ2n) is 7.75. The zero-order chi connectivity index (χ0) is 22.0. The van der Waals surface area contributed by atoms with Crippen LogP contribution < -0.4 is 10.1 Å². The number of amides is 2. The first-order valence-electron chi connectivity index (χ1n) is 10.1. The van der Waals surface area contributed by atoms with Gasteiger partial charge in [-0.2, -0.15) is 0 Å². The van der Waals surface area contributed by atoms with Crippen molar-refractivity contribution in [1.29, 1.82) is 0 Å². The van der Waals surface area contributed by atoms with Crippen molar-refractivity contribution in [3.63, 3.8) is 0 Å². The smallest absolute Gasteiger partial charge is 0.259 e. The van der Waals surface area contributed by atoms with E-state index in [2.05, 4.69) is 24.2 Å². The topological polar surface area (TPSA) is 83.4 Å². The highest BCUT2D eigenvalue weighted by molar-refractivity contribution is 8.14. The third-order valence-electron chi connectivity index (χ3n) is 4.93. The number of amidine groups is 2. The maximum Gasteiger partial charge on any atom is 0.259 e. The van der Waals surface area contributed by atoms with Gasteiger partial charge in [0.1, 0.15) is 17.6 Å². The zero-order valence-electron chi connectivity index (χ0n) is 17.7. The molecule has 0 aliphatic carbocycles. The standard InChI is InChI=1S/C23H24N4O3S/c1-14(2)11-19-22(29)27-21(25-19)17-9-4-5-10-18(17)26-23(27)31-13-20(28)24-15-7-6-8-16(12-15)30-3/h4-10,12,14,19H,11,13H2,1-3H3,(H,24,28)/t19-/m0/s1. The molecule has 2 aliphatic rings. The lowest BCUT2D eigenvalue weighted by molar-refractivity contribution is -0.125. The average molecular weight is 437 g/mol. The molecule has 2 amide bonds. The van der Waals surface area contributed by atoms with Crippen molar-refractivity contribution in [2.75, 3.05) is 18.2 Å². The zero-order valence-corrected chi connectivity index (χ0v) is 18.5. The Hall–Kier alpha value is -3.13. The predicted molar refractivity (Wildman–Crippen MR) is 124 cm³/mol. The number of hydrogen-bond donors (Lipinski definition) is 1. The number of ether oxygens (including phenoxy) is 1. The van der Waals surface area contributed by atoms with Crippen LogP contribution in [0.4, 0.5) is 11.4 Å². The van der Waals surface area contributed by atoms with Crippen LogP contribution in [0.25, 0.3) is 0 Å². The second kappa shape index (κ2) is 8.93. The van der Waals surface area contributed by atoms with Gasteiger partial charge in [0.2, 0.25) is 5.91 Å². The van der Waals surface area contributed by atoms with Crippen LogP contribution in [-0.2, 0) is 9.59 Å². The summed E-state index contributed by atoms with van der Waals surface area (Å²) in [5.74, 6) is 1.47. The number of anilines is 1. The van der Waals surface area contributed by atoms with Gasteiger partial charge in [0.05, 0.1) is 18.6 Å². The Kier molecular flexibility index (Phi) is 6.08.